The third-order valence-electron chi connectivity index (χ3n) is 4.72. The van der Waals surface area contributed by atoms with Crippen molar-refractivity contribution in [2.75, 3.05) is 13.7 Å². The molecule has 0 aliphatic rings. The standard InChI is InChI=1S/C25H23ClN2O5/c1-16-4-10-21(12-17(16)2)32-15-24(29)28-27-14-18-5-11-22(23(13-18)31-3)33-25(30)19-6-8-20(26)9-7-19/h4-14H,15H2,1-3H3,(H,28,29). The van der Waals surface area contributed by atoms with Gasteiger partial charge in [0.2, 0.25) is 0 Å². The molecule has 7 nitrogen and oxygen atoms in total. The fourth-order valence-corrected chi connectivity index (χ4v) is 2.88. The Balaban J connectivity index is 1.56. The molecule has 0 heterocycles. The minimum absolute atomic E-state index is 0.164. The highest BCUT2D eigenvalue weighted by molar-refractivity contribution is 6.30. The lowest BCUT2D eigenvalue weighted by molar-refractivity contribution is -0.123. The smallest absolute Gasteiger partial charge is 0.343 e. The second-order valence-electron chi connectivity index (χ2n) is 7.13. The third kappa shape index (κ3) is 6.82. The molecule has 33 heavy (non-hydrogen) atoms. The summed E-state index contributed by atoms with van der Waals surface area (Å²) in [7, 11) is 1.46. The molecule has 0 aliphatic heterocycles. The number of aryl methyl sites for hydroxylation is 2. The van der Waals surface area contributed by atoms with E-state index in [9.17, 15) is 9.59 Å². The molecule has 0 saturated heterocycles. The van der Waals surface area contributed by atoms with E-state index >= 15 is 0 Å². The van der Waals surface area contributed by atoms with E-state index in [2.05, 4.69) is 10.5 Å². The van der Waals surface area contributed by atoms with Gasteiger partial charge in [0.1, 0.15) is 5.75 Å². The molecule has 0 spiro atoms. The van der Waals surface area contributed by atoms with Crippen LogP contribution in [0.25, 0.3) is 0 Å². The van der Waals surface area contributed by atoms with Crippen molar-refractivity contribution in [2.24, 2.45) is 5.10 Å². The van der Waals surface area contributed by atoms with Crippen molar-refractivity contribution < 1.29 is 23.8 Å². The first-order valence-corrected chi connectivity index (χ1v) is 10.4. The number of hydrazone groups is 1. The van der Waals surface area contributed by atoms with Crippen LogP contribution in [0.2, 0.25) is 5.02 Å². The highest BCUT2D eigenvalue weighted by Crippen LogP contribution is 2.28. The van der Waals surface area contributed by atoms with E-state index in [1.807, 2.05) is 32.0 Å². The summed E-state index contributed by atoms with van der Waals surface area (Å²) in [6.45, 7) is 3.82. The van der Waals surface area contributed by atoms with Crippen molar-refractivity contribution in [2.45, 2.75) is 13.8 Å². The summed E-state index contributed by atoms with van der Waals surface area (Å²) >= 11 is 5.84. The Hall–Kier alpha value is -3.84. The minimum Gasteiger partial charge on any atom is -0.493 e. The Bertz CT molecular complexity index is 1180. The summed E-state index contributed by atoms with van der Waals surface area (Å²) in [5.74, 6) is 0.268. The number of rotatable bonds is 8. The SMILES string of the molecule is COc1cc(C=NNC(=O)COc2ccc(C)c(C)c2)ccc1OC(=O)c1ccc(Cl)cc1. The van der Waals surface area contributed by atoms with Crippen molar-refractivity contribution >= 4 is 29.7 Å². The zero-order chi connectivity index (χ0) is 23.8. The van der Waals surface area contributed by atoms with Gasteiger partial charge in [-0.2, -0.15) is 5.10 Å². The maximum Gasteiger partial charge on any atom is 0.343 e. The van der Waals surface area contributed by atoms with E-state index in [1.165, 1.54) is 13.3 Å². The van der Waals surface area contributed by atoms with Crippen LogP contribution in [0.3, 0.4) is 0 Å². The van der Waals surface area contributed by atoms with E-state index in [0.29, 0.717) is 27.6 Å². The molecule has 0 radical (unpaired) electrons. The third-order valence-corrected chi connectivity index (χ3v) is 4.97. The van der Waals surface area contributed by atoms with E-state index in [-0.39, 0.29) is 12.4 Å². The highest BCUT2D eigenvalue weighted by atomic mass is 35.5. The van der Waals surface area contributed by atoms with Gasteiger partial charge in [-0.15, -0.1) is 0 Å². The summed E-state index contributed by atoms with van der Waals surface area (Å²) in [5, 5.41) is 4.45. The number of benzene rings is 3. The largest absolute Gasteiger partial charge is 0.493 e. The number of nitrogens with zero attached hydrogens (tertiary/aromatic N) is 1. The maximum absolute atomic E-state index is 12.3. The molecular weight excluding hydrogens is 444 g/mol. The topological polar surface area (TPSA) is 86.2 Å². The Labute approximate surface area is 196 Å². The van der Waals surface area contributed by atoms with Crippen molar-refractivity contribution in [3.8, 4) is 17.2 Å². The molecule has 0 aliphatic carbocycles. The Morgan fingerprint density at radius 2 is 1.73 bits per heavy atom. The van der Waals surface area contributed by atoms with Crippen LogP contribution in [0.5, 0.6) is 17.2 Å². The Morgan fingerprint density at radius 3 is 2.42 bits per heavy atom. The number of amides is 1. The van der Waals surface area contributed by atoms with Gasteiger partial charge in [0.25, 0.3) is 5.91 Å². The van der Waals surface area contributed by atoms with Gasteiger partial charge >= 0.3 is 5.97 Å². The van der Waals surface area contributed by atoms with Crippen LogP contribution >= 0.6 is 11.6 Å². The number of esters is 1. The quantitative estimate of drug-likeness (QED) is 0.225. The monoisotopic (exact) mass is 466 g/mol. The second kappa shape index (κ2) is 11.2. The number of methoxy groups -OCH3 is 1. The van der Waals surface area contributed by atoms with Gasteiger partial charge in [-0.1, -0.05) is 17.7 Å². The lowest BCUT2D eigenvalue weighted by Gasteiger charge is -2.10. The number of hydrogen-bond donors (Lipinski definition) is 1. The number of carbonyl (C=O) groups is 2. The molecule has 0 atom stereocenters. The molecule has 170 valence electrons. The van der Waals surface area contributed by atoms with Gasteiger partial charge in [0, 0.05) is 5.02 Å². The first kappa shape index (κ1) is 23.8. The number of nitrogens with one attached hydrogen (secondary N) is 1. The van der Waals surface area contributed by atoms with E-state index in [0.717, 1.165) is 11.1 Å². The highest BCUT2D eigenvalue weighted by Gasteiger charge is 2.13. The number of carbonyl (C=O) groups excluding carboxylic acids is 2. The van der Waals surface area contributed by atoms with Gasteiger partial charge in [-0.25, -0.2) is 10.2 Å². The number of hydrogen-bond acceptors (Lipinski definition) is 6. The summed E-state index contributed by atoms with van der Waals surface area (Å²) in [5.41, 5.74) is 5.63. The van der Waals surface area contributed by atoms with Crippen LogP contribution in [0.15, 0.2) is 65.8 Å². The van der Waals surface area contributed by atoms with E-state index < -0.39 is 11.9 Å². The molecule has 1 amide bonds. The molecule has 0 fully saturated rings. The molecule has 3 aromatic carbocycles. The summed E-state index contributed by atoms with van der Waals surface area (Å²) < 4.78 is 16.2. The minimum atomic E-state index is -0.539. The predicted octanol–water partition coefficient (Wildman–Crippen LogP) is 4.71. The van der Waals surface area contributed by atoms with Gasteiger partial charge in [0.05, 0.1) is 18.9 Å². The van der Waals surface area contributed by atoms with Crippen LogP contribution in [0.1, 0.15) is 27.0 Å². The molecular formula is C25H23ClN2O5. The lowest BCUT2D eigenvalue weighted by atomic mass is 10.1. The second-order valence-corrected chi connectivity index (χ2v) is 7.57. The van der Waals surface area contributed by atoms with Crippen LogP contribution in [-0.2, 0) is 4.79 Å². The maximum atomic E-state index is 12.3. The van der Waals surface area contributed by atoms with Gasteiger partial charge in [-0.05, 0) is 85.1 Å². The van der Waals surface area contributed by atoms with Crippen LogP contribution in [-0.4, -0.2) is 31.8 Å². The van der Waals surface area contributed by atoms with Crippen molar-refractivity contribution in [3.05, 3.63) is 87.9 Å². The lowest BCUT2D eigenvalue weighted by Crippen LogP contribution is -2.24. The summed E-state index contributed by atoms with van der Waals surface area (Å²) in [4.78, 5) is 24.3. The molecule has 1 N–H and O–H groups in total. The van der Waals surface area contributed by atoms with Crippen LogP contribution in [0, 0.1) is 13.8 Å². The average molecular weight is 467 g/mol. The normalized spacial score (nSPS) is 10.7. The van der Waals surface area contributed by atoms with Gasteiger partial charge in [-0.3, -0.25) is 4.79 Å². The molecule has 0 saturated carbocycles. The van der Waals surface area contributed by atoms with Gasteiger partial charge < -0.3 is 14.2 Å². The fourth-order valence-electron chi connectivity index (χ4n) is 2.76. The zero-order valence-electron chi connectivity index (χ0n) is 18.4. The molecule has 0 unspecified atom stereocenters. The predicted molar refractivity (Wildman–Crippen MR) is 127 cm³/mol. The van der Waals surface area contributed by atoms with Crippen molar-refractivity contribution in [1.29, 1.82) is 0 Å². The average Bonchev–Trinajstić information content (AvgIpc) is 2.81. The van der Waals surface area contributed by atoms with Crippen LogP contribution in [0.4, 0.5) is 0 Å². The first-order valence-electron chi connectivity index (χ1n) is 10.0. The summed E-state index contributed by atoms with van der Waals surface area (Å²) in [6, 6.07) is 16.9. The number of halogens is 1. The Kier molecular flexibility index (Phi) is 8.05. The summed E-state index contributed by atoms with van der Waals surface area (Å²) in [6.07, 6.45) is 1.45. The van der Waals surface area contributed by atoms with Crippen molar-refractivity contribution in [1.82, 2.24) is 5.43 Å². The fraction of sp³-hybridized carbons (Fsp3) is 0.160. The van der Waals surface area contributed by atoms with E-state index in [4.69, 9.17) is 25.8 Å². The molecule has 3 aromatic rings. The zero-order valence-corrected chi connectivity index (χ0v) is 19.2. The molecule has 3 rings (SSSR count). The van der Waals surface area contributed by atoms with Crippen LogP contribution < -0.4 is 19.6 Å². The first-order chi connectivity index (χ1) is 15.9. The molecule has 0 aromatic heterocycles. The number of ether oxygens (including phenoxy) is 3. The molecule has 8 heteroatoms. The Morgan fingerprint density at radius 1 is 0.970 bits per heavy atom. The van der Waals surface area contributed by atoms with E-state index in [1.54, 1.807) is 42.5 Å². The van der Waals surface area contributed by atoms with Crippen molar-refractivity contribution in [3.63, 3.8) is 0 Å². The molecule has 0 bridgehead atoms. The van der Waals surface area contributed by atoms with Gasteiger partial charge in [0.15, 0.2) is 18.1 Å².